The summed E-state index contributed by atoms with van der Waals surface area (Å²) in [6.07, 6.45) is 2.17. The first kappa shape index (κ1) is 16.2. The van der Waals surface area contributed by atoms with Crippen molar-refractivity contribution in [3.63, 3.8) is 0 Å². The molecule has 1 aromatic rings. The summed E-state index contributed by atoms with van der Waals surface area (Å²) in [5.41, 5.74) is 7.59. The summed E-state index contributed by atoms with van der Waals surface area (Å²) >= 11 is 0. The van der Waals surface area contributed by atoms with Crippen LogP contribution in [0.15, 0.2) is 30.3 Å². The predicted molar refractivity (Wildman–Crippen MR) is 83.4 cm³/mol. The lowest BCUT2D eigenvalue weighted by atomic mass is 10.1. The van der Waals surface area contributed by atoms with Crippen LogP contribution in [0.3, 0.4) is 0 Å². The summed E-state index contributed by atoms with van der Waals surface area (Å²) in [6, 6.07) is 10.7. The third-order valence-corrected chi connectivity index (χ3v) is 3.36. The van der Waals surface area contributed by atoms with Gasteiger partial charge in [0.15, 0.2) is 0 Å². The minimum absolute atomic E-state index is 0.224. The van der Waals surface area contributed by atoms with Gasteiger partial charge in [-0.3, -0.25) is 0 Å². The first-order valence-electron chi connectivity index (χ1n) is 7.28. The molecule has 0 aromatic heterocycles. The molecular weight excluding hydrogens is 234 g/mol. The Morgan fingerprint density at radius 3 is 2.37 bits per heavy atom. The molecule has 2 N–H and O–H groups in total. The molecule has 1 rings (SSSR count). The molecule has 0 spiro atoms. The lowest BCUT2D eigenvalue weighted by molar-refractivity contribution is 0.251. The number of nitrogens with two attached hydrogens (primary N) is 1. The molecule has 0 saturated carbocycles. The van der Waals surface area contributed by atoms with Gasteiger partial charge in [-0.1, -0.05) is 37.3 Å². The van der Waals surface area contributed by atoms with E-state index >= 15 is 0 Å². The van der Waals surface area contributed by atoms with Crippen LogP contribution in [-0.2, 0) is 6.42 Å². The molecule has 0 bridgehead atoms. The number of hydrogen-bond acceptors (Lipinski definition) is 3. The van der Waals surface area contributed by atoms with Crippen LogP contribution in [0.5, 0.6) is 0 Å². The van der Waals surface area contributed by atoms with Crippen LogP contribution in [0.4, 0.5) is 0 Å². The summed E-state index contributed by atoms with van der Waals surface area (Å²) in [6.45, 7) is 6.56. The molecule has 0 radical (unpaired) electrons. The van der Waals surface area contributed by atoms with Crippen molar-refractivity contribution < 1.29 is 0 Å². The van der Waals surface area contributed by atoms with Crippen LogP contribution in [-0.4, -0.2) is 56.1 Å². The Morgan fingerprint density at radius 1 is 1.11 bits per heavy atom. The first-order chi connectivity index (χ1) is 9.11. The number of benzene rings is 1. The molecule has 1 unspecified atom stereocenters. The van der Waals surface area contributed by atoms with E-state index in [1.807, 2.05) is 0 Å². The third kappa shape index (κ3) is 7.31. The molecule has 108 valence electrons. The normalized spacial score (nSPS) is 13.2. The maximum Gasteiger partial charge on any atom is 0.0208 e. The van der Waals surface area contributed by atoms with Crippen molar-refractivity contribution in [2.24, 2.45) is 5.73 Å². The van der Waals surface area contributed by atoms with Gasteiger partial charge < -0.3 is 15.5 Å². The Kier molecular flexibility index (Phi) is 7.72. The van der Waals surface area contributed by atoms with E-state index in [0.29, 0.717) is 0 Å². The molecule has 0 aliphatic rings. The van der Waals surface area contributed by atoms with Crippen LogP contribution >= 0.6 is 0 Å². The van der Waals surface area contributed by atoms with Gasteiger partial charge in [0.05, 0.1) is 0 Å². The summed E-state index contributed by atoms with van der Waals surface area (Å²) in [7, 11) is 4.24. The monoisotopic (exact) mass is 263 g/mol. The second-order valence-corrected chi connectivity index (χ2v) is 5.50. The van der Waals surface area contributed by atoms with Crippen molar-refractivity contribution in [2.75, 3.05) is 40.3 Å². The highest BCUT2D eigenvalue weighted by molar-refractivity contribution is 5.15. The number of rotatable bonds is 9. The Bertz CT molecular complexity index is 324. The van der Waals surface area contributed by atoms with Crippen molar-refractivity contribution in [2.45, 2.75) is 25.8 Å². The molecule has 19 heavy (non-hydrogen) atoms. The second kappa shape index (κ2) is 9.08. The smallest absolute Gasteiger partial charge is 0.0208 e. The van der Waals surface area contributed by atoms with Gasteiger partial charge in [0.1, 0.15) is 0 Å². The topological polar surface area (TPSA) is 32.5 Å². The van der Waals surface area contributed by atoms with E-state index in [1.165, 1.54) is 12.0 Å². The van der Waals surface area contributed by atoms with Gasteiger partial charge in [0.25, 0.3) is 0 Å². The number of likely N-dealkylation sites (N-methyl/N-ethyl adjacent to an activating group) is 1. The first-order valence-corrected chi connectivity index (χ1v) is 7.28. The molecule has 0 heterocycles. The van der Waals surface area contributed by atoms with E-state index in [1.54, 1.807) is 0 Å². The molecule has 3 heteroatoms. The van der Waals surface area contributed by atoms with E-state index < -0.39 is 0 Å². The molecule has 0 amide bonds. The Morgan fingerprint density at radius 2 is 1.79 bits per heavy atom. The van der Waals surface area contributed by atoms with Crippen LogP contribution in [0.25, 0.3) is 0 Å². The van der Waals surface area contributed by atoms with Crippen LogP contribution in [0.1, 0.15) is 18.9 Å². The van der Waals surface area contributed by atoms with Gasteiger partial charge in [-0.15, -0.1) is 0 Å². The van der Waals surface area contributed by atoms with Crippen LogP contribution in [0, 0.1) is 0 Å². The van der Waals surface area contributed by atoms with E-state index in [-0.39, 0.29) is 6.04 Å². The zero-order chi connectivity index (χ0) is 14.1. The fraction of sp³-hybridized carbons (Fsp3) is 0.625. The molecule has 0 aliphatic carbocycles. The van der Waals surface area contributed by atoms with Crippen molar-refractivity contribution in [1.29, 1.82) is 0 Å². The molecule has 1 aromatic carbocycles. The Hall–Kier alpha value is -0.900. The summed E-state index contributed by atoms with van der Waals surface area (Å²) in [5, 5.41) is 0. The standard InChI is InChI=1S/C16H29N3/c1-4-19(12-8-11-18(2)3)14-16(17)13-15-9-6-5-7-10-15/h5-7,9-10,16H,4,8,11-14,17H2,1-3H3. The Labute approximate surface area is 118 Å². The number of hydrogen-bond donors (Lipinski definition) is 1. The SMILES string of the molecule is CCN(CCCN(C)C)CC(N)Cc1ccccc1. The van der Waals surface area contributed by atoms with Gasteiger partial charge in [-0.2, -0.15) is 0 Å². The van der Waals surface area contributed by atoms with Crippen LogP contribution < -0.4 is 5.73 Å². The van der Waals surface area contributed by atoms with Crippen molar-refractivity contribution in [1.82, 2.24) is 9.80 Å². The van der Waals surface area contributed by atoms with E-state index in [9.17, 15) is 0 Å². The zero-order valence-corrected chi connectivity index (χ0v) is 12.7. The quantitative estimate of drug-likeness (QED) is 0.738. The van der Waals surface area contributed by atoms with E-state index in [2.05, 4.69) is 61.2 Å². The Balaban J connectivity index is 2.30. The lowest BCUT2D eigenvalue weighted by Crippen LogP contribution is -2.39. The van der Waals surface area contributed by atoms with Gasteiger partial charge in [-0.05, 0) is 52.1 Å². The molecule has 1 atom stereocenters. The minimum atomic E-state index is 0.224. The highest BCUT2D eigenvalue weighted by Crippen LogP contribution is 2.03. The molecule has 0 saturated heterocycles. The van der Waals surface area contributed by atoms with Gasteiger partial charge in [0, 0.05) is 12.6 Å². The largest absolute Gasteiger partial charge is 0.326 e. The molecular formula is C16H29N3. The molecule has 0 fully saturated rings. The maximum absolute atomic E-state index is 6.26. The minimum Gasteiger partial charge on any atom is -0.326 e. The third-order valence-electron chi connectivity index (χ3n) is 3.36. The van der Waals surface area contributed by atoms with E-state index in [0.717, 1.165) is 32.6 Å². The van der Waals surface area contributed by atoms with Crippen molar-refractivity contribution in [3.05, 3.63) is 35.9 Å². The van der Waals surface area contributed by atoms with E-state index in [4.69, 9.17) is 5.73 Å². The van der Waals surface area contributed by atoms with Gasteiger partial charge in [0.2, 0.25) is 0 Å². The summed E-state index contributed by atoms with van der Waals surface area (Å²) in [5.74, 6) is 0. The van der Waals surface area contributed by atoms with Gasteiger partial charge in [-0.25, -0.2) is 0 Å². The van der Waals surface area contributed by atoms with Gasteiger partial charge >= 0.3 is 0 Å². The fourth-order valence-corrected chi connectivity index (χ4v) is 2.30. The molecule has 3 nitrogen and oxygen atoms in total. The highest BCUT2D eigenvalue weighted by atomic mass is 15.1. The summed E-state index contributed by atoms with van der Waals surface area (Å²) < 4.78 is 0. The number of nitrogens with zero attached hydrogens (tertiary/aromatic N) is 2. The highest BCUT2D eigenvalue weighted by Gasteiger charge is 2.09. The van der Waals surface area contributed by atoms with Crippen molar-refractivity contribution in [3.8, 4) is 0 Å². The lowest BCUT2D eigenvalue weighted by Gasteiger charge is -2.25. The average Bonchev–Trinajstić information content (AvgIpc) is 2.38. The molecule has 0 aliphatic heterocycles. The second-order valence-electron chi connectivity index (χ2n) is 5.50. The summed E-state index contributed by atoms with van der Waals surface area (Å²) in [4.78, 5) is 4.69. The predicted octanol–water partition coefficient (Wildman–Crippen LogP) is 1.83. The van der Waals surface area contributed by atoms with Crippen molar-refractivity contribution >= 4 is 0 Å². The maximum atomic E-state index is 6.26. The fourth-order valence-electron chi connectivity index (χ4n) is 2.30. The zero-order valence-electron chi connectivity index (χ0n) is 12.7. The average molecular weight is 263 g/mol. The van der Waals surface area contributed by atoms with Crippen LogP contribution in [0.2, 0.25) is 0 Å².